The minimum atomic E-state index is -0.319. The van der Waals surface area contributed by atoms with E-state index < -0.39 is 0 Å². The average molecular weight is 272 g/mol. The highest BCUT2D eigenvalue weighted by Crippen LogP contribution is 2.19. The van der Waals surface area contributed by atoms with Crippen molar-refractivity contribution in [3.8, 4) is 0 Å². The minimum Gasteiger partial charge on any atom is -0.390 e. The summed E-state index contributed by atoms with van der Waals surface area (Å²) in [6.07, 6.45) is 1.37. The van der Waals surface area contributed by atoms with Crippen LogP contribution in [0.25, 0.3) is 10.8 Å². The normalized spacial score (nSPS) is 11.2. The molecule has 0 radical (unpaired) electrons. The predicted octanol–water partition coefficient (Wildman–Crippen LogP) is 1.01. The van der Waals surface area contributed by atoms with E-state index in [9.17, 15) is 4.79 Å². The maximum absolute atomic E-state index is 11.2. The van der Waals surface area contributed by atoms with Crippen LogP contribution in [-0.4, -0.2) is 25.3 Å². The fraction of sp³-hybridized carbons (Fsp3) is 0.200. The second-order valence-electron chi connectivity index (χ2n) is 4.25. The molecule has 2 aromatic rings. The molecule has 0 aliphatic carbocycles. The zero-order valence-electron chi connectivity index (χ0n) is 11.5. The number of fused-ring (bicyclic) bond motifs is 1. The van der Waals surface area contributed by atoms with E-state index in [0.717, 1.165) is 11.9 Å². The van der Waals surface area contributed by atoms with E-state index in [1.807, 2.05) is 24.3 Å². The van der Waals surface area contributed by atoms with Crippen LogP contribution >= 0.6 is 0 Å². The van der Waals surface area contributed by atoms with Gasteiger partial charge in [0.1, 0.15) is 0 Å². The van der Waals surface area contributed by atoms with Gasteiger partial charge in [-0.3, -0.25) is 10.2 Å². The first kappa shape index (κ1) is 15.7. The molecule has 0 spiro atoms. The summed E-state index contributed by atoms with van der Waals surface area (Å²) in [6.45, 7) is 0. The van der Waals surface area contributed by atoms with Crippen LogP contribution in [0.1, 0.15) is 5.56 Å². The van der Waals surface area contributed by atoms with Gasteiger partial charge in [-0.15, -0.1) is 0 Å². The highest BCUT2D eigenvalue weighted by Gasteiger charge is 2.14. The SMILES string of the molecule is CNC(Cc1cccc2ccccc12)C(N)=O.N=CN. The lowest BCUT2D eigenvalue weighted by atomic mass is 9.98. The molecule has 20 heavy (non-hydrogen) atoms. The zero-order chi connectivity index (χ0) is 15.0. The second kappa shape index (κ2) is 7.91. The van der Waals surface area contributed by atoms with Gasteiger partial charge in [-0.05, 0) is 29.8 Å². The maximum Gasteiger partial charge on any atom is 0.234 e. The summed E-state index contributed by atoms with van der Waals surface area (Å²) < 4.78 is 0. The van der Waals surface area contributed by atoms with Crippen molar-refractivity contribution in [3.05, 3.63) is 48.0 Å². The Bertz CT molecular complexity index is 578. The third-order valence-electron chi connectivity index (χ3n) is 3.00. The molecule has 0 fully saturated rings. The molecule has 2 aromatic carbocycles. The number of primary amides is 1. The fourth-order valence-corrected chi connectivity index (χ4v) is 2.04. The Hall–Kier alpha value is -2.40. The van der Waals surface area contributed by atoms with Gasteiger partial charge in [0.15, 0.2) is 0 Å². The van der Waals surface area contributed by atoms with Gasteiger partial charge >= 0.3 is 0 Å². The lowest BCUT2D eigenvalue weighted by Gasteiger charge is -2.13. The van der Waals surface area contributed by atoms with Crippen LogP contribution in [0.2, 0.25) is 0 Å². The molecule has 0 saturated heterocycles. The third kappa shape index (κ3) is 4.07. The van der Waals surface area contributed by atoms with Crippen LogP contribution in [0.15, 0.2) is 42.5 Å². The van der Waals surface area contributed by atoms with Gasteiger partial charge in [0, 0.05) is 0 Å². The summed E-state index contributed by atoms with van der Waals surface area (Å²) in [5.41, 5.74) is 10.9. The first-order valence-electron chi connectivity index (χ1n) is 6.28. The minimum absolute atomic E-state index is 0.319. The van der Waals surface area contributed by atoms with E-state index in [0.29, 0.717) is 6.42 Å². The summed E-state index contributed by atoms with van der Waals surface area (Å²) in [5, 5.41) is 11.2. The summed E-state index contributed by atoms with van der Waals surface area (Å²) in [6, 6.07) is 13.9. The molecule has 106 valence electrons. The molecule has 0 bridgehead atoms. The van der Waals surface area contributed by atoms with Crippen molar-refractivity contribution in [2.24, 2.45) is 11.5 Å². The quantitative estimate of drug-likeness (QED) is 0.493. The van der Waals surface area contributed by atoms with E-state index in [2.05, 4.69) is 29.2 Å². The van der Waals surface area contributed by atoms with E-state index in [1.165, 1.54) is 10.8 Å². The van der Waals surface area contributed by atoms with E-state index in [-0.39, 0.29) is 11.9 Å². The number of amides is 1. The molecule has 6 N–H and O–H groups in total. The number of rotatable bonds is 4. The molecule has 0 heterocycles. The number of hydrogen-bond acceptors (Lipinski definition) is 3. The van der Waals surface area contributed by atoms with Crippen molar-refractivity contribution >= 4 is 23.0 Å². The van der Waals surface area contributed by atoms with Crippen molar-refractivity contribution in [1.29, 1.82) is 5.41 Å². The molecule has 5 nitrogen and oxygen atoms in total. The predicted molar refractivity (Wildman–Crippen MR) is 82.7 cm³/mol. The molecule has 1 unspecified atom stereocenters. The Morgan fingerprint density at radius 1 is 1.30 bits per heavy atom. The van der Waals surface area contributed by atoms with E-state index >= 15 is 0 Å². The van der Waals surface area contributed by atoms with Crippen LogP contribution < -0.4 is 16.8 Å². The first-order chi connectivity index (χ1) is 9.63. The molecule has 0 aromatic heterocycles. The smallest absolute Gasteiger partial charge is 0.234 e. The summed E-state index contributed by atoms with van der Waals surface area (Å²) in [4.78, 5) is 11.2. The molecule has 5 heteroatoms. The average Bonchev–Trinajstić information content (AvgIpc) is 2.45. The second-order valence-corrected chi connectivity index (χ2v) is 4.25. The third-order valence-corrected chi connectivity index (χ3v) is 3.00. The lowest BCUT2D eigenvalue weighted by molar-refractivity contribution is -0.119. The molecular weight excluding hydrogens is 252 g/mol. The first-order valence-corrected chi connectivity index (χ1v) is 6.28. The van der Waals surface area contributed by atoms with Gasteiger partial charge in [-0.1, -0.05) is 42.5 Å². The monoisotopic (exact) mass is 272 g/mol. The molecular formula is C15H20N4O. The van der Waals surface area contributed by atoms with E-state index in [1.54, 1.807) is 7.05 Å². The standard InChI is InChI=1S/C14H16N2O.CH4N2/c1-16-13(14(15)17)9-11-7-4-6-10-5-2-3-8-12(10)11;2-1-3/h2-8,13,16H,9H2,1H3,(H2,15,17);1H,(H3,2,3). The van der Waals surface area contributed by atoms with Gasteiger partial charge in [0.25, 0.3) is 0 Å². The number of nitrogens with two attached hydrogens (primary N) is 2. The highest BCUT2D eigenvalue weighted by molar-refractivity contribution is 5.87. The number of carbonyl (C=O) groups excluding carboxylic acids is 1. The van der Waals surface area contributed by atoms with E-state index in [4.69, 9.17) is 11.1 Å². The summed E-state index contributed by atoms with van der Waals surface area (Å²) in [7, 11) is 1.75. The summed E-state index contributed by atoms with van der Waals surface area (Å²) in [5.74, 6) is -0.319. The maximum atomic E-state index is 11.2. The number of likely N-dealkylation sites (N-methyl/N-ethyl adjacent to an activating group) is 1. The molecule has 1 atom stereocenters. The molecule has 0 saturated carbocycles. The topological polar surface area (TPSA) is 105 Å². The van der Waals surface area contributed by atoms with Gasteiger partial charge in [0.2, 0.25) is 5.91 Å². The fourth-order valence-electron chi connectivity index (χ4n) is 2.04. The number of hydrogen-bond donors (Lipinski definition) is 4. The Morgan fingerprint density at radius 3 is 2.50 bits per heavy atom. The summed E-state index contributed by atoms with van der Waals surface area (Å²) >= 11 is 0. The van der Waals surface area contributed by atoms with Gasteiger partial charge in [0.05, 0.1) is 12.4 Å². The Morgan fingerprint density at radius 2 is 1.90 bits per heavy atom. The van der Waals surface area contributed by atoms with Crippen LogP contribution in [0.3, 0.4) is 0 Å². The largest absolute Gasteiger partial charge is 0.390 e. The van der Waals surface area contributed by atoms with Crippen molar-refractivity contribution in [1.82, 2.24) is 5.32 Å². The van der Waals surface area contributed by atoms with Gasteiger partial charge in [-0.2, -0.15) is 0 Å². The number of carbonyl (C=O) groups is 1. The Balaban J connectivity index is 0.000000612. The van der Waals surface area contributed by atoms with Crippen molar-refractivity contribution in [3.63, 3.8) is 0 Å². The van der Waals surface area contributed by atoms with Crippen LogP contribution in [0, 0.1) is 5.41 Å². The molecule has 0 aliphatic heterocycles. The van der Waals surface area contributed by atoms with Gasteiger partial charge < -0.3 is 16.8 Å². The van der Waals surface area contributed by atoms with Crippen LogP contribution in [0.4, 0.5) is 0 Å². The lowest BCUT2D eigenvalue weighted by Crippen LogP contribution is -2.40. The zero-order valence-corrected chi connectivity index (χ0v) is 11.5. The van der Waals surface area contributed by atoms with Crippen molar-refractivity contribution in [2.75, 3.05) is 7.05 Å². The molecule has 2 rings (SSSR count). The van der Waals surface area contributed by atoms with Gasteiger partial charge in [-0.25, -0.2) is 0 Å². The number of nitrogens with one attached hydrogen (secondary N) is 2. The highest BCUT2D eigenvalue weighted by atomic mass is 16.1. The molecule has 0 aliphatic rings. The van der Waals surface area contributed by atoms with Crippen molar-refractivity contribution in [2.45, 2.75) is 12.5 Å². The van der Waals surface area contributed by atoms with Crippen LogP contribution in [-0.2, 0) is 11.2 Å². The Kier molecular flexibility index (Phi) is 6.19. The van der Waals surface area contributed by atoms with Crippen molar-refractivity contribution < 1.29 is 4.79 Å². The van der Waals surface area contributed by atoms with Crippen LogP contribution in [0.5, 0.6) is 0 Å². The molecule has 1 amide bonds. The Labute approximate surface area is 118 Å². The number of benzene rings is 2.